The van der Waals surface area contributed by atoms with Crippen molar-refractivity contribution < 1.29 is 23.1 Å². The molecule has 4 rings (SSSR count). The molecular weight excluding hydrogens is 523 g/mol. The zero-order chi connectivity index (χ0) is 27.6. The number of nitrogens with one attached hydrogen (secondary N) is 4. The monoisotopic (exact) mass is 549 g/mol. The molecule has 2 heterocycles. The molecule has 202 valence electrons. The number of carbonyl (C=O) groups excluding carboxylic acids is 1. The summed E-state index contributed by atoms with van der Waals surface area (Å²) in [6.07, 6.45) is -1.15. The zero-order valence-corrected chi connectivity index (χ0v) is 21.6. The molecule has 2 aromatic carbocycles. The van der Waals surface area contributed by atoms with Gasteiger partial charge in [-0.05, 0) is 49.2 Å². The van der Waals surface area contributed by atoms with Crippen molar-refractivity contribution in [2.45, 2.75) is 26.6 Å². The Morgan fingerprint density at radius 1 is 1.21 bits per heavy atom. The topological polar surface area (TPSA) is 106 Å². The predicted molar refractivity (Wildman–Crippen MR) is 139 cm³/mol. The lowest BCUT2D eigenvalue weighted by atomic mass is 10.1. The van der Waals surface area contributed by atoms with Gasteiger partial charge in [-0.3, -0.25) is 14.5 Å². The molecule has 1 aliphatic heterocycles. The maximum Gasteiger partial charge on any atom is 0.417 e. The number of aliphatic hydroxyl groups is 1. The van der Waals surface area contributed by atoms with Crippen LogP contribution in [0.15, 0.2) is 42.7 Å². The van der Waals surface area contributed by atoms with Crippen LogP contribution in [-0.2, 0) is 19.8 Å². The number of alkyl halides is 3. The van der Waals surface area contributed by atoms with Crippen LogP contribution in [0.25, 0.3) is 5.70 Å². The van der Waals surface area contributed by atoms with Gasteiger partial charge in [0, 0.05) is 48.8 Å². The number of carbonyl (C=O) groups is 1. The van der Waals surface area contributed by atoms with E-state index in [1.54, 1.807) is 34.1 Å². The standard InChI is InChI=1S/C25H27ClF3N7O2/c1-14-4-5-16(9-22(14)36-13-21(33-34-36)19-12-31-35(3)15(19)2)24(38)32-18-8-17(11-30-6-7-37)23(26)20(10-18)25(27,28)29/h4-5,8-10,12-13,30,33-34,37H,6-7,11H2,1-3H3,(H,32,38). The van der Waals surface area contributed by atoms with Gasteiger partial charge < -0.3 is 21.2 Å². The van der Waals surface area contributed by atoms with E-state index in [-0.39, 0.29) is 36.5 Å². The maximum atomic E-state index is 13.6. The minimum atomic E-state index is -4.72. The summed E-state index contributed by atoms with van der Waals surface area (Å²) in [4.78, 5) is 13.1. The Morgan fingerprint density at radius 3 is 2.63 bits per heavy atom. The molecule has 1 aliphatic rings. The molecule has 1 amide bonds. The number of halogens is 4. The second-order valence-corrected chi connectivity index (χ2v) is 9.15. The highest BCUT2D eigenvalue weighted by Gasteiger charge is 2.35. The molecule has 13 heteroatoms. The minimum absolute atomic E-state index is 0.0143. The first-order valence-corrected chi connectivity index (χ1v) is 12.0. The smallest absolute Gasteiger partial charge is 0.395 e. The summed E-state index contributed by atoms with van der Waals surface area (Å²) in [7, 11) is 1.85. The average molecular weight is 550 g/mol. The van der Waals surface area contributed by atoms with Gasteiger partial charge in [0.2, 0.25) is 0 Å². The van der Waals surface area contributed by atoms with Gasteiger partial charge in [0.1, 0.15) is 0 Å². The molecule has 5 N–H and O–H groups in total. The Balaban J connectivity index is 1.60. The van der Waals surface area contributed by atoms with Crippen molar-refractivity contribution in [2.24, 2.45) is 7.05 Å². The van der Waals surface area contributed by atoms with Crippen molar-refractivity contribution in [3.8, 4) is 0 Å². The number of anilines is 2. The van der Waals surface area contributed by atoms with Crippen molar-refractivity contribution >= 4 is 34.6 Å². The molecule has 1 aromatic heterocycles. The summed E-state index contributed by atoms with van der Waals surface area (Å²) in [5, 5.41) is 19.8. The van der Waals surface area contributed by atoms with E-state index >= 15 is 0 Å². The minimum Gasteiger partial charge on any atom is -0.395 e. The second-order valence-electron chi connectivity index (χ2n) is 8.77. The number of hydrazine groups is 2. The second kappa shape index (κ2) is 11.0. The van der Waals surface area contributed by atoms with E-state index in [0.29, 0.717) is 5.69 Å². The SMILES string of the molecule is Cc1ccc(C(=O)Nc2cc(CNCCO)c(Cl)c(C(F)(F)F)c2)cc1N1C=C(c2cnn(C)c2C)NN1. The van der Waals surface area contributed by atoms with E-state index in [2.05, 4.69) is 26.7 Å². The Kier molecular flexibility index (Phi) is 7.97. The average Bonchev–Trinajstić information content (AvgIpc) is 3.47. The summed E-state index contributed by atoms with van der Waals surface area (Å²) >= 11 is 6.01. The highest BCUT2D eigenvalue weighted by atomic mass is 35.5. The Hall–Kier alpha value is -3.58. The summed E-state index contributed by atoms with van der Waals surface area (Å²) in [6.45, 7) is 3.80. The van der Waals surface area contributed by atoms with E-state index in [9.17, 15) is 18.0 Å². The van der Waals surface area contributed by atoms with E-state index < -0.39 is 22.7 Å². The normalized spacial score (nSPS) is 13.5. The fourth-order valence-electron chi connectivity index (χ4n) is 3.95. The molecule has 38 heavy (non-hydrogen) atoms. The molecular formula is C25H27ClF3N7O2. The van der Waals surface area contributed by atoms with Crippen LogP contribution >= 0.6 is 11.6 Å². The number of benzene rings is 2. The Labute approximate surface area is 222 Å². The van der Waals surface area contributed by atoms with Crippen LogP contribution in [0.2, 0.25) is 5.02 Å². The molecule has 0 radical (unpaired) electrons. The summed E-state index contributed by atoms with van der Waals surface area (Å²) in [5.74, 6) is -0.588. The predicted octanol–water partition coefficient (Wildman–Crippen LogP) is 3.87. The number of aryl methyl sites for hydroxylation is 2. The zero-order valence-electron chi connectivity index (χ0n) is 20.9. The first-order valence-electron chi connectivity index (χ1n) is 11.6. The van der Waals surface area contributed by atoms with Gasteiger partial charge >= 0.3 is 6.18 Å². The number of nitrogens with zero attached hydrogens (tertiary/aromatic N) is 3. The van der Waals surface area contributed by atoms with Crippen molar-refractivity contribution in [1.82, 2.24) is 26.1 Å². The Bertz CT molecular complexity index is 1390. The molecule has 3 aromatic rings. The molecule has 0 spiro atoms. The molecule has 0 saturated carbocycles. The number of hydrogen-bond acceptors (Lipinski definition) is 7. The van der Waals surface area contributed by atoms with Crippen LogP contribution in [0.3, 0.4) is 0 Å². The molecule has 0 fully saturated rings. The van der Waals surface area contributed by atoms with Gasteiger partial charge in [0.15, 0.2) is 0 Å². The van der Waals surface area contributed by atoms with Crippen LogP contribution in [-0.4, -0.2) is 33.9 Å². The van der Waals surface area contributed by atoms with Crippen molar-refractivity contribution in [3.05, 3.63) is 81.3 Å². The first-order chi connectivity index (χ1) is 18.0. The van der Waals surface area contributed by atoms with Crippen LogP contribution < -0.4 is 26.6 Å². The third-order valence-corrected chi connectivity index (χ3v) is 6.59. The van der Waals surface area contributed by atoms with Crippen LogP contribution in [0, 0.1) is 13.8 Å². The molecule has 0 bridgehead atoms. The van der Waals surface area contributed by atoms with E-state index in [1.807, 2.05) is 27.1 Å². The lowest BCUT2D eigenvalue weighted by Gasteiger charge is -2.19. The van der Waals surface area contributed by atoms with Gasteiger partial charge in [0.05, 0.1) is 34.8 Å². The van der Waals surface area contributed by atoms with Gasteiger partial charge in [-0.25, -0.2) is 0 Å². The van der Waals surface area contributed by atoms with Crippen LogP contribution in [0.5, 0.6) is 0 Å². The molecule has 0 unspecified atom stereocenters. The molecule has 0 atom stereocenters. The molecule has 9 nitrogen and oxygen atoms in total. The van der Waals surface area contributed by atoms with Gasteiger partial charge in [-0.15, -0.1) is 5.53 Å². The lowest BCUT2D eigenvalue weighted by molar-refractivity contribution is -0.137. The van der Waals surface area contributed by atoms with Crippen LogP contribution in [0.1, 0.15) is 38.3 Å². The lowest BCUT2D eigenvalue weighted by Crippen LogP contribution is -2.36. The van der Waals surface area contributed by atoms with E-state index in [0.717, 1.165) is 28.6 Å². The highest BCUT2D eigenvalue weighted by Crippen LogP contribution is 2.38. The third kappa shape index (κ3) is 5.78. The largest absolute Gasteiger partial charge is 0.417 e. The maximum absolute atomic E-state index is 13.6. The summed E-state index contributed by atoms with van der Waals surface area (Å²) in [6, 6.07) is 7.17. The highest BCUT2D eigenvalue weighted by molar-refractivity contribution is 6.32. The number of aliphatic hydroxyl groups excluding tert-OH is 1. The summed E-state index contributed by atoms with van der Waals surface area (Å²) in [5.41, 5.74) is 9.58. The van der Waals surface area contributed by atoms with Crippen molar-refractivity contribution in [1.29, 1.82) is 0 Å². The fourth-order valence-corrected chi connectivity index (χ4v) is 4.23. The molecule has 0 saturated heterocycles. The summed E-state index contributed by atoms with van der Waals surface area (Å²) < 4.78 is 42.6. The van der Waals surface area contributed by atoms with Gasteiger partial charge in [-0.1, -0.05) is 17.7 Å². The first kappa shape index (κ1) is 27.5. The van der Waals surface area contributed by atoms with Gasteiger partial charge in [0.25, 0.3) is 5.91 Å². The molecule has 0 aliphatic carbocycles. The fraction of sp³-hybridized carbons (Fsp3) is 0.280. The number of amides is 1. The van der Waals surface area contributed by atoms with E-state index in [1.165, 1.54) is 6.07 Å². The number of aromatic nitrogens is 2. The quantitative estimate of drug-likeness (QED) is 0.272. The van der Waals surface area contributed by atoms with Crippen molar-refractivity contribution in [2.75, 3.05) is 23.5 Å². The Morgan fingerprint density at radius 2 is 1.97 bits per heavy atom. The van der Waals surface area contributed by atoms with Crippen LogP contribution in [0.4, 0.5) is 24.5 Å². The number of rotatable bonds is 8. The van der Waals surface area contributed by atoms with Crippen molar-refractivity contribution in [3.63, 3.8) is 0 Å². The third-order valence-electron chi connectivity index (χ3n) is 6.14. The van der Waals surface area contributed by atoms with Gasteiger partial charge in [-0.2, -0.15) is 18.3 Å². The number of hydrogen-bond donors (Lipinski definition) is 5. The van der Waals surface area contributed by atoms with E-state index in [4.69, 9.17) is 16.7 Å².